The first kappa shape index (κ1) is 22.8. The highest BCUT2D eigenvalue weighted by Crippen LogP contribution is 2.44. The zero-order chi connectivity index (χ0) is 22.7. The summed E-state index contributed by atoms with van der Waals surface area (Å²) in [5.41, 5.74) is -1.60. The number of carbonyl (C=O) groups excluding carboxylic acids is 1. The third-order valence-corrected chi connectivity index (χ3v) is 8.35. The van der Waals surface area contributed by atoms with Crippen molar-refractivity contribution >= 4 is 5.91 Å². The number of amides is 1. The highest BCUT2D eigenvalue weighted by atomic mass is 19.4. The van der Waals surface area contributed by atoms with E-state index in [0.29, 0.717) is 32.7 Å². The Morgan fingerprint density at radius 1 is 1.16 bits per heavy atom. The molecular formula is C21H34F3N5O3. The van der Waals surface area contributed by atoms with Gasteiger partial charge in [0.15, 0.2) is 0 Å². The highest BCUT2D eigenvalue weighted by molar-refractivity contribution is 5.87. The molecule has 0 aromatic carbocycles. The lowest BCUT2D eigenvalue weighted by molar-refractivity contribution is -0.195. The van der Waals surface area contributed by atoms with Crippen LogP contribution in [0.4, 0.5) is 13.2 Å². The monoisotopic (exact) mass is 461 g/mol. The number of carbonyl (C=O) groups is 1. The smallest absolute Gasteiger partial charge is 0.380 e. The topological polar surface area (TPSA) is 97.9 Å². The molecule has 0 radical (unpaired) electrons. The average Bonchev–Trinajstić information content (AvgIpc) is 3.01. The molecule has 32 heavy (non-hydrogen) atoms. The van der Waals surface area contributed by atoms with Crippen LogP contribution in [-0.2, 0) is 9.53 Å². The lowest BCUT2D eigenvalue weighted by Crippen LogP contribution is -2.66. The molecule has 8 nitrogen and oxygen atoms in total. The van der Waals surface area contributed by atoms with Gasteiger partial charge in [0.2, 0.25) is 0 Å². The summed E-state index contributed by atoms with van der Waals surface area (Å²) in [6, 6.07) is -0.299. The van der Waals surface area contributed by atoms with Crippen LogP contribution in [0.15, 0.2) is 0 Å². The molecule has 9 atom stereocenters. The third-order valence-electron chi connectivity index (χ3n) is 8.35. The number of nitrogens with zero attached hydrogens (tertiary/aromatic N) is 1. The average molecular weight is 462 g/mol. The normalized spacial score (nSPS) is 48.1. The molecule has 5 fully saturated rings. The van der Waals surface area contributed by atoms with Crippen LogP contribution in [0.2, 0.25) is 0 Å². The van der Waals surface area contributed by atoms with E-state index in [1.807, 2.05) is 0 Å². The molecule has 0 saturated carbocycles. The van der Waals surface area contributed by atoms with Crippen LogP contribution < -0.4 is 21.3 Å². The van der Waals surface area contributed by atoms with Gasteiger partial charge < -0.3 is 20.5 Å². The Labute approximate surface area is 186 Å². The molecular weight excluding hydrogens is 427 g/mol. The molecule has 0 bridgehead atoms. The summed E-state index contributed by atoms with van der Waals surface area (Å²) in [7, 11) is 0. The van der Waals surface area contributed by atoms with Gasteiger partial charge in [-0.3, -0.25) is 20.3 Å². The fraction of sp³-hybridized carbons (Fsp3) is 0.952. The predicted octanol–water partition coefficient (Wildman–Crippen LogP) is -0.262. The number of nitrogens with one attached hydrogen (secondary N) is 4. The molecule has 5 heterocycles. The second-order valence-corrected chi connectivity index (χ2v) is 10.3. The first-order chi connectivity index (χ1) is 15.1. The van der Waals surface area contributed by atoms with Crippen molar-refractivity contribution in [1.82, 2.24) is 26.2 Å². The summed E-state index contributed by atoms with van der Waals surface area (Å²) in [6.07, 6.45) is -3.57. The van der Waals surface area contributed by atoms with Gasteiger partial charge in [0, 0.05) is 37.6 Å². The molecule has 0 aliphatic carbocycles. The maximum Gasteiger partial charge on any atom is 0.391 e. The fourth-order valence-electron chi connectivity index (χ4n) is 6.70. The van der Waals surface area contributed by atoms with Crippen molar-refractivity contribution < 1.29 is 27.8 Å². The van der Waals surface area contributed by atoms with Crippen LogP contribution in [0, 0.1) is 17.8 Å². The van der Waals surface area contributed by atoms with E-state index in [2.05, 4.69) is 26.2 Å². The van der Waals surface area contributed by atoms with E-state index < -0.39 is 47.9 Å². The number of hydrogen-bond donors (Lipinski definition) is 5. The first-order valence-corrected chi connectivity index (χ1v) is 11.8. The molecule has 5 aliphatic rings. The van der Waals surface area contributed by atoms with Crippen LogP contribution in [0.3, 0.4) is 0 Å². The Kier molecular flexibility index (Phi) is 5.95. The molecule has 0 spiro atoms. The number of likely N-dealkylation sites (tertiary alicyclic amines) is 1. The second-order valence-electron chi connectivity index (χ2n) is 10.3. The Morgan fingerprint density at radius 3 is 2.75 bits per heavy atom. The van der Waals surface area contributed by atoms with Gasteiger partial charge in [0.25, 0.3) is 5.91 Å². The molecule has 0 aromatic heterocycles. The number of alkyl halides is 3. The van der Waals surface area contributed by atoms with Crippen LogP contribution >= 0.6 is 0 Å². The maximum absolute atomic E-state index is 14.0. The molecule has 1 amide bonds. The molecule has 5 rings (SSSR count). The van der Waals surface area contributed by atoms with Gasteiger partial charge in [0.05, 0.1) is 31.0 Å². The molecule has 0 aromatic rings. The Hall–Kier alpha value is -0.980. The fourth-order valence-corrected chi connectivity index (χ4v) is 6.70. The number of hydrogen-bond acceptors (Lipinski definition) is 7. The molecule has 5 saturated heterocycles. The second kappa shape index (κ2) is 8.35. The van der Waals surface area contributed by atoms with E-state index >= 15 is 0 Å². The minimum atomic E-state index is -4.28. The SMILES string of the molecule is C[C@@]1(O)C(=O)NC2NCCC(C3CC(C(F)(F)F)CC(N4CC[C@H]5OCCN[C@@H]5C4)N3)C21. The number of aliphatic hydroxyl groups is 1. The van der Waals surface area contributed by atoms with Crippen molar-refractivity contribution in [3.05, 3.63) is 0 Å². The van der Waals surface area contributed by atoms with Gasteiger partial charge in [-0.25, -0.2) is 0 Å². The van der Waals surface area contributed by atoms with Gasteiger partial charge >= 0.3 is 6.18 Å². The first-order valence-electron chi connectivity index (χ1n) is 11.8. The van der Waals surface area contributed by atoms with E-state index in [1.54, 1.807) is 0 Å². The Morgan fingerprint density at radius 2 is 1.97 bits per heavy atom. The molecule has 6 unspecified atom stereocenters. The molecule has 11 heteroatoms. The minimum Gasteiger partial charge on any atom is -0.380 e. The van der Waals surface area contributed by atoms with Crippen molar-refractivity contribution in [2.24, 2.45) is 17.8 Å². The summed E-state index contributed by atoms with van der Waals surface area (Å²) in [4.78, 5) is 14.5. The van der Waals surface area contributed by atoms with Crippen LogP contribution in [-0.4, -0.2) is 91.0 Å². The van der Waals surface area contributed by atoms with E-state index in [0.717, 1.165) is 13.0 Å². The standard InChI is InChI=1S/C21H34F3N5O3/c1-20(31)17-12(2-4-26-18(17)28-19(20)30)13-8-11(21(22,23)24)9-16(27-13)29-6-3-15-14(10-29)25-5-7-32-15/h11-18,25-27,31H,2-10H2,1H3,(H,28,30)/t11?,12?,13?,14-,15-,16?,17?,18?,20+/m1/s1. The minimum absolute atomic E-state index is 0.0187. The lowest BCUT2D eigenvalue weighted by atomic mass is 9.69. The van der Waals surface area contributed by atoms with Gasteiger partial charge in [0.1, 0.15) is 5.60 Å². The van der Waals surface area contributed by atoms with Gasteiger partial charge in [-0.2, -0.15) is 13.2 Å². The van der Waals surface area contributed by atoms with Gasteiger partial charge in [-0.15, -0.1) is 0 Å². The van der Waals surface area contributed by atoms with Crippen LogP contribution in [0.25, 0.3) is 0 Å². The summed E-state index contributed by atoms with van der Waals surface area (Å²) in [6.45, 7) is 4.84. The molecule has 5 N–H and O–H groups in total. The van der Waals surface area contributed by atoms with Crippen LogP contribution in [0.5, 0.6) is 0 Å². The lowest BCUT2D eigenvalue weighted by Gasteiger charge is -2.51. The summed E-state index contributed by atoms with van der Waals surface area (Å²) < 4.78 is 47.7. The zero-order valence-electron chi connectivity index (χ0n) is 18.3. The maximum atomic E-state index is 14.0. The predicted molar refractivity (Wildman–Crippen MR) is 109 cm³/mol. The third kappa shape index (κ3) is 4.05. The number of morpholine rings is 1. The van der Waals surface area contributed by atoms with E-state index in [9.17, 15) is 23.1 Å². The summed E-state index contributed by atoms with van der Waals surface area (Å²) in [5.74, 6) is -2.59. The number of fused-ring (bicyclic) bond motifs is 2. The summed E-state index contributed by atoms with van der Waals surface area (Å²) >= 11 is 0. The van der Waals surface area contributed by atoms with E-state index in [4.69, 9.17) is 4.74 Å². The highest BCUT2D eigenvalue weighted by Gasteiger charge is 2.58. The summed E-state index contributed by atoms with van der Waals surface area (Å²) in [5, 5.41) is 23.9. The number of piperidine rings is 3. The quantitative estimate of drug-likeness (QED) is 0.387. The Bertz CT molecular complexity index is 723. The van der Waals surface area contributed by atoms with Crippen molar-refractivity contribution in [2.75, 3.05) is 32.8 Å². The largest absolute Gasteiger partial charge is 0.391 e. The number of rotatable bonds is 2. The van der Waals surface area contributed by atoms with Crippen LogP contribution in [0.1, 0.15) is 32.6 Å². The zero-order valence-corrected chi connectivity index (χ0v) is 18.3. The molecule has 5 aliphatic heterocycles. The number of ether oxygens (including phenoxy) is 1. The van der Waals surface area contributed by atoms with Crippen molar-refractivity contribution in [1.29, 1.82) is 0 Å². The van der Waals surface area contributed by atoms with E-state index in [-0.39, 0.29) is 30.9 Å². The number of halogens is 3. The van der Waals surface area contributed by atoms with Gasteiger partial charge in [-0.1, -0.05) is 0 Å². The molecule has 182 valence electrons. The Balaban J connectivity index is 1.37. The van der Waals surface area contributed by atoms with Gasteiger partial charge in [-0.05, 0) is 45.1 Å². The van der Waals surface area contributed by atoms with E-state index in [1.165, 1.54) is 6.92 Å². The van der Waals surface area contributed by atoms with Crippen molar-refractivity contribution in [3.8, 4) is 0 Å². The van der Waals surface area contributed by atoms with Crippen molar-refractivity contribution in [2.45, 2.75) is 74.9 Å². The van der Waals surface area contributed by atoms with Crippen molar-refractivity contribution in [3.63, 3.8) is 0 Å².